The van der Waals surface area contributed by atoms with Crippen molar-refractivity contribution in [2.45, 2.75) is 52.1 Å². The number of amides is 1. The number of guanidine groups is 1. The maximum Gasteiger partial charge on any atom is 0.241 e. The summed E-state index contributed by atoms with van der Waals surface area (Å²) in [6, 6.07) is 2.58. The van der Waals surface area contributed by atoms with Gasteiger partial charge in [-0.3, -0.25) is 9.48 Å². The van der Waals surface area contributed by atoms with Gasteiger partial charge < -0.3 is 15.5 Å². The molecule has 2 rings (SSSR count). The van der Waals surface area contributed by atoms with Crippen LogP contribution in [0, 0.1) is 5.92 Å². The highest BCUT2D eigenvalue weighted by Gasteiger charge is 2.17. The van der Waals surface area contributed by atoms with E-state index in [-0.39, 0.29) is 36.4 Å². The van der Waals surface area contributed by atoms with Crippen molar-refractivity contribution < 1.29 is 4.79 Å². The first-order chi connectivity index (χ1) is 12.0. The quantitative estimate of drug-likeness (QED) is 0.360. The van der Waals surface area contributed by atoms with Gasteiger partial charge in [0.2, 0.25) is 5.91 Å². The minimum Gasteiger partial charge on any atom is -0.356 e. The summed E-state index contributed by atoms with van der Waals surface area (Å²) in [5.74, 6) is 1.17. The summed E-state index contributed by atoms with van der Waals surface area (Å²) in [4.78, 5) is 17.9. The molecule has 0 atom stereocenters. The van der Waals surface area contributed by atoms with Crippen LogP contribution in [0.5, 0.6) is 0 Å². The summed E-state index contributed by atoms with van der Waals surface area (Å²) in [5, 5.41) is 11.0. The lowest BCUT2D eigenvalue weighted by molar-refractivity contribution is -0.127. The van der Waals surface area contributed by atoms with Crippen molar-refractivity contribution in [1.82, 2.24) is 25.3 Å². The molecule has 1 fully saturated rings. The maximum atomic E-state index is 11.8. The molecule has 1 aliphatic rings. The fourth-order valence-corrected chi connectivity index (χ4v) is 2.79. The Morgan fingerprint density at radius 3 is 2.65 bits per heavy atom. The van der Waals surface area contributed by atoms with Gasteiger partial charge in [0.05, 0.1) is 24.8 Å². The fourth-order valence-electron chi connectivity index (χ4n) is 2.79. The molecule has 0 aromatic carbocycles. The normalized spacial score (nSPS) is 15.0. The van der Waals surface area contributed by atoms with E-state index in [4.69, 9.17) is 0 Å². The molecule has 2 N–H and O–H groups in total. The van der Waals surface area contributed by atoms with Gasteiger partial charge in [0.1, 0.15) is 0 Å². The summed E-state index contributed by atoms with van der Waals surface area (Å²) in [5.41, 5.74) is 0.955. The lowest BCUT2D eigenvalue weighted by atomic mass is 10.2. The molecule has 0 radical (unpaired) electrons. The highest BCUT2D eigenvalue weighted by molar-refractivity contribution is 14.0. The van der Waals surface area contributed by atoms with Crippen LogP contribution in [0.4, 0.5) is 0 Å². The Morgan fingerprint density at radius 2 is 2.04 bits per heavy atom. The van der Waals surface area contributed by atoms with Gasteiger partial charge in [-0.15, -0.1) is 24.0 Å². The number of carbonyl (C=O) groups is 1. The van der Waals surface area contributed by atoms with Crippen LogP contribution < -0.4 is 10.6 Å². The summed E-state index contributed by atoms with van der Waals surface area (Å²) in [6.07, 6.45) is 7.10. The van der Waals surface area contributed by atoms with Crippen LogP contribution in [0.2, 0.25) is 0 Å². The summed E-state index contributed by atoms with van der Waals surface area (Å²) < 4.78 is 2.09. The number of nitrogens with one attached hydrogen (secondary N) is 2. The Labute approximate surface area is 174 Å². The van der Waals surface area contributed by atoms with E-state index in [1.165, 1.54) is 25.7 Å². The minimum atomic E-state index is 0. The molecular formula is C18H33IN6O. The second kappa shape index (κ2) is 11.4. The predicted molar refractivity (Wildman–Crippen MR) is 116 cm³/mol. The van der Waals surface area contributed by atoms with E-state index >= 15 is 0 Å². The summed E-state index contributed by atoms with van der Waals surface area (Å²) >= 11 is 0. The number of aliphatic imine (C=N–C) groups is 1. The molecule has 0 aliphatic heterocycles. The first-order valence-corrected chi connectivity index (χ1v) is 9.22. The lowest BCUT2D eigenvalue weighted by Gasteiger charge is -2.15. The number of hydrogen-bond donors (Lipinski definition) is 2. The monoisotopic (exact) mass is 476 g/mol. The highest BCUT2D eigenvalue weighted by atomic mass is 127. The molecule has 7 nitrogen and oxygen atoms in total. The van der Waals surface area contributed by atoms with Crippen molar-refractivity contribution >= 4 is 35.8 Å². The van der Waals surface area contributed by atoms with Crippen LogP contribution in [-0.2, 0) is 11.3 Å². The molecule has 1 saturated carbocycles. The van der Waals surface area contributed by atoms with E-state index < -0.39 is 0 Å². The van der Waals surface area contributed by atoms with E-state index in [9.17, 15) is 4.79 Å². The second-order valence-corrected chi connectivity index (χ2v) is 7.31. The molecule has 0 bridgehead atoms. The zero-order valence-electron chi connectivity index (χ0n) is 16.4. The molecule has 0 unspecified atom stereocenters. The van der Waals surface area contributed by atoms with Crippen LogP contribution in [0.3, 0.4) is 0 Å². The van der Waals surface area contributed by atoms with E-state index in [0.29, 0.717) is 24.5 Å². The number of carbonyl (C=O) groups excluding carboxylic acids is 1. The molecule has 1 aromatic heterocycles. The number of rotatable bonds is 7. The SMILES string of the molecule is CC(C)CNC(=NCc1ccn(C2CCCC2)n1)NCC(=O)N(C)C.I. The minimum absolute atomic E-state index is 0. The van der Waals surface area contributed by atoms with Crippen molar-refractivity contribution in [3.8, 4) is 0 Å². The lowest BCUT2D eigenvalue weighted by Crippen LogP contribution is -2.44. The van der Waals surface area contributed by atoms with Crippen LogP contribution in [0.1, 0.15) is 51.3 Å². The van der Waals surface area contributed by atoms with E-state index in [1.807, 2.05) is 6.07 Å². The van der Waals surface area contributed by atoms with Gasteiger partial charge in [0.25, 0.3) is 0 Å². The van der Waals surface area contributed by atoms with Crippen molar-refractivity contribution in [2.24, 2.45) is 10.9 Å². The first-order valence-electron chi connectivity index (χ1n) is 9.22. The van der Waals surface area contributed by atoms with Gasteiger partial charge in [0.15, 0.2) is 5.96 Å². The smallest absolute Gasteiger partial charge is 0.241 e. The van der Waals surface area contributed by atoms with E-state index in [1.54, 1.807) is 19.0 Å². The Hall–Kier alpha value is -1.32. The van der Waals surface area contributed by atoms with Crippen molar-refractivity contribution in [2.75, 3.05) is 27.2 Å². The summed E-state index contributed by atoms with van der Waals surface area (Å²) in [7, 11) is 3.50. The highest BCUT2D eigenvalue weighted by Crippen LogP contribution is 2.28. The van der Waals surface area contributed by atoms with Gasteiger partial charge in [-0.25, -0.2) is 4.99 Å². The first kappa shape index (κ1) is 22.7. The third kappa shape index (κ3) is 7.51. The van der Waals surface area contributed by atoms with Crippen molar-refractivity contribution in [3.05, 3.63) is 18.0 Å². The number of likely N-dealkylation sites (N-methyl/N-ethyl adjacent to an activating group) is 1. The third-order valence-electron chi connectivity index (χ3n) is 4.35. The van der Waals surface area contributed by atoms with E-state index in [0.717, 1.165) is 12.2 Å². The van der Waals surface area contributed by atoms with Gasteiger partial charge in [-0.2, -0.15) is 5.10 Å². The Morgan fingerprint density at radius 1 is 1.35 bits per heavy atom. The van der Waals surface area contributed by atoms with Crippen LogP contribution in [-0.4, -0.2) is 53.7 Å². The van der Waals surface area contributed by atoms with Crippen LogP contribution in [0.25, 0.3) is 0 Å². The third-order valence-corrected chi connectivity index (χ3v) is 4.35. The van der Waals surface area contributed by atoms with Gasteiger partial charge >= 0.3 is 0 Å². The van der Waals surface area contributed by atoms with Crippen molar-refractivity contribution in [1.29, 1.82) is 0 Å². The Balaban J connectivity index is 0.00000338. The largest absolute Gasteiger partial charge is 0.356 e. The van der Waals surface area contributed by atoms with Crippen LogP contribution >= 0.6 is 24.0 Å². The molecule has 26 heavy (non-hydrogen) atoms. The van der Waals surface area contributed by atoms with Gasteiger partial charge in [-0.1, -0.05) is 26.7 Å². The second-order valence-electron chi connectivity index (χ2n) is 7.31. The molecule has 1 aliphatic carbocycles. The predicted octanol–water partition coefficient (Wildman–Crippen LogP) is 2.40. The molecule has 1 aromatic rings. The van der Waals surface area contributed by atoms with Gasteiger partial charge in [0, 0.05) is 26.8 Å². The topological polar surface area (TPSA) is 74.5 Å². The molecule has 1 amide bonds. The van der Waals surface area contributed by atoms with E-state index in [2.05, 4.69) is 45.5 Å². The van der Waals surface area contributed by atoms with Crippen LogP contribution in [0.15, 0.2) is 17.3 Å². The zero-order chi connectivity index (χ0) is 18.2. The molecule has 0 spiro atoms. The number of hydrogen-bond acceptors (Lipinski definition) is 3. The molecule has 0 saturated heterocycles. The fraction of sp³-hybridized carbons (Fsp3) is 0.722. The Bertz CT molecular complexity index is 578. The average Bonchev–Trinajstić information content (AvgIpc) is 3.24. The number of halogens is 1. The average molecular weight is 476 g/mol. The van der Waals surface area contributed by atoms with Crippen molar-refractivity contribution in [3.63, 3.8) is 0 Å². The zero-order valence-corrected chi connectivity index (χ0v) is 18.7. The molecule has 1 heterocycles. The molecule has 148 valence electrons. The Kier molecular flexibility index (Phi) is 9.97. The standard InChI is InChI=1S/C18H32N6O.HI/c1-14(2)11-19-18(21-13-17(25)23(3)4)20-12-15-9-10-24(22-15)16-7-5-6-8-16;/h9-10,14,16H,5-8,11-13H2,1-4H3,(H2,19,20,21);1H. The summed E-state index contributed by atoms with van der Waals surface area (Å²) in [6.45, 7) is 5.81. The van der Waals surface area contributed by atoms with Gasteiger partial charge in [-0.05, 0) is 24.8 Å². The number of aromatic nitrogens is 2. The number of nitrogens with zero attached hydrogens (tertiary/aromatic N) is 4. The molecular weight excluding hydrogens is 443 g/mol. The maximum absolute atomic E-state index is 11.8. The molecule has 8 heteroatoms.